The number of hydrogen-bond acceptors (Lipinski definition) is 4. The molecule has 3 aromatic carbocycles. The van der Waals surface area contributed by atoms with Gasteiger partial charge in [0.25, 0.3) is 0 Å². The van der Waals surface area contributed by atoms with Gasteiger partial charge in [0.15, 0.2) is 11.6 Å². The molecule has 1 N–H and O–H groups in total. The lowest BCUT2D eigenvalue weighted by Gasteiger charge is -2.18. The monoisotopic (exact) mass is 494 g/mol. The topological polar surface area (TPSA) is 62.7 Å². The smallest absolute Gasteiger partial charge is 0.418 e. The minimum Gasteiger partial charge on any atom is -0.483 e. The Kier molecular flexibility index (Phi) is 6.19. The van der Waals surface area contributed by atoms with E-state index < -0.39 is 23.8 Å². The summed E-state index contributed by atoms with van der Waals surface area (Å²) in [6.07, 6.45) is -2.17. The minimum absolute atomic E-state index is 0.00443. The van der Waals surface area contributed by atoms with Crippen LogP contribution in [0.5, 0.6) is 5.75 Å². The first-order chi connectivity index (χ1) is 15.3. The van der Waals surface area contributed by atoms with Gasteiger partial charge >= 0.3 is 6.09 Å². The highest BCUT2D eigenvalue weighted by Gasteiger charge is 2.23. The highest BCUT2D eigenvalue weighted by molar-refractivity contribution is 7.22. The van der Waals surface area contributed by atoms with Crippen LogP contribution in [0.3, 0.4) is 0 Å². The SMILES string of the molecule is CC(Oc1cc2sc(N(C(=O)O)c3ccccc3)nc2cc1F)c1c(F)ccc(Cl)c1Cl. The number of carbonyl (C=O) groups is 1. The second-order valence-electron chi connectivity index (χ2n) is 6.72. The van der Waals surface area contributed by atoms with Crippen molar-refractivity contribution >= 4 is 61.7 Å². The van der Waals surface area contributed by atoms with Crippen molar-refractivity contribution in [1.82, 2.24) is 4.98 Å². The van der Waals surface area contributed by atoms with E-state index in [1.165, 1.54) is 19.1 Å². The number of carboxylic acid groups (broad SMARTS) is 1. The molecule has 4 rings (SSSR count). The van der Waals surface area contributed by atoms with Gasteiger partial charge in [0, 0.05) is 17.7 Å². The zero-order valence-electron chi connectivity index (χ0n) is 16.4. The molecule has 0 saturated heterocycles. The van der Waals surface area contributed by atoms with Gasteiger partial charge in [0.2, 0.25) is 5.13 Å². The largest absolute Gasteiger partial charge is 0.483 e. The zero-order chi connectivity index (χ0) is 23.0. The Morgan fingerprint density at radius 2 is 1.84 bits per heavy atom. The number of hydrogen-bond donors (Lipinski definition) is 1. The molecule has 0 aliphatic carbocycles. The van der Waals surface area contributed by atoms with E-state index in [4.69, 9.17) is 27.9 Å². The highest BCUT2D eigenvalue weighted by atomic mass is 35.5. The number of para-hydroxylation sites is 1. The number of ether oxygens (including phenoxy) is 1. The van der Waals surface area contributed by atoms with Gasteiger partial charge in [-0.1, -0.05) is 52.7 Å². The summed E-state index contributed by atoms with van der Waals surface area (Å²) < 4.78 is 35.1. The van der Waals surface area contributed by atoms with Gasteiger partial charge in [-0.2, -0.15) is 0 Å². The Balaban J connectivity index is 1.70. The van der Waals surface area contributed by atoms with E-state index >= 15 is 0 Å². The molecule has 0 aliphatic rings. The number of rotatable bonds is 5. The zero-order valence-corrected chi connectivity index (χ0v) is 18.7. The van der Waals surface area contributed by atoms with Crippen LogP contribution in [0.1, 0.15) is 18.6 Å². The first-order valence-electron chi connectivity index (χ1n) is 9.24. The molecule has 0 saturated carbocycles. The molecule has 1 atom stereocenters. The molecule has 164 valence electrons. The molecule has 5 nitrogen and oxygen atoms in total. The quantitative estimate of drug-likeness (QED) is 0.287. The molecule has 1 unspecified atom stereocenters. The maximum atomic E-state index is 14.7. The van der Waals surface area contributed by atoms with Gasteiger partial charge in [-0.3, -0.25) is 0 Å². The molecule has 0 spiro atoms. The van der Waals surface area contributed by atoms with E-state index in [1.807, 2.05) is 0 Å². The van der Waals surface area contributed by atoms with Crippen molar-refractivity contribution in [3.8, 4) is 5.75 Å². The van der Waals surface area contributed by atoms with Crippen LogP contribution in [-0.2, 0) is 0 Å². The van der Waals surface area contributed by atoms with E-state index in [-0.39, 0.29) is 32.0 Å². The number of anilines is 2. The number of nitrogens with zero attached hydrogens (tertiary/aromatic N) is 2. The average Bonchev–Trinajstić information content (AvgIpc) is 3.13. The Labute approximate surface area is 195 Å². The molecule has 1 aromatic heterocycles. The van der Waals surface area contributed by atoms with Crippen molar-refractivity contribution in [2.45, 2.75) is 13.0 Å². The average molecular weight is 495 g/mol. The van der Waals surface area contributed by atoms with E-state index in [1.54, 1.807) is 30.3 Å². The lowest BCUT2D eigenvalue weighted by Crippen LogP contribution is -2.23. The van der Waals surface area contributed by atoms with Crippen molar-refractivity contribution in [1.29, 1.82) is 0 Å². The van der Waals surface area contributed by atoms with Crippen LogP contribution >= 0.6 is 34.5 Å². The summed E-state index contributed by atoms with van der Waals surface area (Å²) in [5.74, 6) is -1.52. The maximum absolute atomic E-state index is 14.7. The molecule has 32 heavy (non-hydrogen) atoms. The fourth-order valence-electron chi connectivity index (χ4n) is 3.15. The standard InChI is InChI=1S/C22H14Cl2F2N2O3S/c1-11(19-14(25)8-7-13(23)20(19)24)31-17-10-18-16(9-15(17)26)27-21(32-18)28(22(29)30)12-5-3-2-4-6-12/h2-11H,1H3,(H,29,30). The lowest BCUT2D eigenvalue weighted by atomic mass is 10.1. The molecular weight excluding hydrogens is 481 g/mol. The third-order valence-corrected chi connectivity index (χ3v) is 6.44. The van der Waals surface area contributed by atoms with Gasteiger partial charge in [0.05, 0.1) is 25.9 Å². The Morgan fingerprint density at radius 1 is 1.12 bits per heavy atom. The summed E-state index contributed by atoms with van der Waals surface area (Å²) in [6, 6.07) is 13.4. The summed E-state index contributed by atoms with van der Waals surface area (Å²) >= 11 is 13.1. The van der Waals surface area contributed by atoms with E-state index in [0.717, 1.165) is 28.4 Å². The summed E-state index contributed by atoms with van der Waals surface area (Å²) in [6.45, 7) is 1.52. The predicted octanol–water partition coefficient (Wildman–Crippen LogP) is 7.84. The number of amides is 1. The van der Waals surface area contributed by atoms with Crippen LogP contribution < -0.4 is 9.64 Å². The van der Waals surface area contributed by atoms with Crippen LogP contribution in [0.4, 0.5) is 24.4 Å². The van der Waals surface area contributed by atoms with Crippen LogP contribution in [0.2, 0.25) is 10.0 Å². The van der Waals surface area contributed by atoms with E-state index in [9.17, 15) is 18.7 Å². The normalized spacial score (nSPS) is 12.0. The minimum atomic E-state index is -1.23. The van der Waals surface area contributed by atoms with Crippen molar-refractivity contribution in [3.05, 3.63) is 81.8 Å². The summed E-state index contributed by atoms with van der Waals surface area (Å²) in [5.41, 5.74) is 0.664. The summed E-state index contributed by atoms with van der Waals surface area (Å²) in [4.78, 5) is 17.1. The van der Waals surface area contributed by atoms with Gasteiger partial charge in [-0.25, -0.2) is 23.5 Å². The Morgan fingerprint density at radius 3 is 2.53 bits per heavy atom. The van der Waals surface area contributed by atoms with Crippen LogP contribution in [0.25, 0.3) is 10.2 Å². The third kappa shape index (κ3) is 4.21. The van der Waals surface area contributed by atoms with E-state index in [0.29, 0.717) is 10.4 Å². The molecule has 4 aromatic rings. The fourth-order valence-corrected chi connectivity index (χ4v) is 4.61. The first kappa shape index (κ1) is 22.3. The predicted molar refractivity (Wildman–Crippen MR) is 122 cm³/mol. The molecular formula is C22H14Cl2F2N2O3S. The maximum Gasteiger partial charge on any atom is 0.418 e. The van der Waals surface area contributed by atoms with Gasteiger partial charge in [-0.15, -0.1) is 0 Å². The fraction of sp³-hybridized carbons (Fsp3) is 0.0909. The van der Waals surface area contributed by atoms with E-state index in [2.05, 4.69) is 4.98 Å². The van der Waals surface area contributed by atoms with Crippen LogP contribution in [0, 0.1) is 11.6 Å². The molecule has 10 heteroatoms. The molecule has 0 radical (unpaired) electrons. The number of aromatic nitrogens is 1. The number of benzene rings is 3. The summed E-state index contributed by atoms with van der Waals surface area (Å²) in [7, 11) is 0. The summed E-state index contributed by atoms with van der Waals surface area (Å²) in [5, 5.41) is 9.95. The van der Waals surface area contributed by atoms with Crippen molar-refractivity contribution < 1.29 is 23.4 Å². The van der Waals surface area contributed by atoms with Crippen molar-refractivity contribution in [2.75, 3.05) is 4.90 Å². The Bertz CT molecular complexity index is 1320. The first-order valence-corrected chi connectivity index (χ1v) is 10.8. The van der Waals surface area contributed by atoms with Gasteiger partial charge in [0.1, 0.15) is 11.9 Å². The van der Waals surface area contributed by atoms with Crippen molar-refractivity contribution in [2.24, 2.45) is 0 Å². The second-order valence-corrected chi connectivity index (χ2v) is 8.51. The van der Waals surface area contributed by atoms with Crippen molar-refractivity contribution in [3.63, 3.8) is 0 Å². The van der Waals surface area contributed by atoms with Gasteiger partial charge < -0.3 is 9.84 Å². The van der Waals surface area contributed by atoms with Crippen LogP contribution in [0.15, 0.2) is 54.6 Å². The molecule has 1 heterocycles. The second kappa shape index (κ2) is 8.90. The Hall–Kier alpha value is -2.94. The number of halogens is 4. The van der Waals surface area contributed by atoms with Gasteiger partial charge in [-0.05, 0) is 31.2 Å². The number of thiazole rings is 1. The lowest BCUT2D eigenvalue weighted by molar-refractivity contribution is 0.204. The van der Waals surface area contributed by atoms with Crippen LogP contribution in [-0.4, -0.2) is 16.2 Å². The molecule has 0 aliphatic heterocycles. The highest BCUT2D eigenvalue weighted by Crippen LogP contribution is 2.39. The molecule has 1 amide bonds. The molecule has 0 bridgehead atoms. The molecule has 0 fully saturated rings. The third-order valence-electron chi connectivity index (χ3n) is 4.62. The number of fused-ring (bicyclic) bond motifs is 1.